The van der Waals surface area contributed by atoms with E-state index in [-0.39, 0.29) is 42.0 Å². The Bertz CT molecular complexity index is 850. The van der Waals surface area contributed by atoms with Crippen molar-refractivity contribution in [3.63, 3.8) is 0 Å². The van der Waals surface area contributed by atoms with E-state index in [1.165, 1.54) is 0 Å². The summed E-state index contributed by atoms with van der Waals surface area (Å²) < 4.78 is 11.2. The maximum absolute atomic E-state index is 13.2. The second-order valence-electron chi connectivity index (χ2n) is 10.9. The molecule has 184 valence electrons. The predicted octanol–water partition coefficient (Wildman–Crippen LogP) is 2.76. The van der Waals surface area contributed by atoms with E-state index in [2.05, 4.69) is 6.92 Å². The first-order valence-electron chi connectivity index (χ1n) is 12.5. The van der Waals surface area contributed by atoms with E-state index in [0.29, 0.717) is 32.3 Å². The molecule has 7 heteroatoms. The molecular weight excluding hydrogens is 424 g/mol. The lowest BCUT2D eigenvalue weighted by atomic mass is 9.45. The van der Waals surface area contributed by atoms with E-state index in [1.807, 2.05) is 13.8 Å². The highest BCUT2D eigenvalue weighted by Gasteiger charge is 2.70. The van der Waals surface area contributed by atoms with Gasteiger partial charge in [-0.2, -0.15) is 0 Å². The molecule has 0 heterocycles. The van der Waals surface area contributed by atoms with Gasteiger partial charge in [0, 0.05) is 18.4 Å². The van der Waals surface area contributed by atoms with Crippen molar-refractivity contribution in [1.29, 1.82) is 0 Å². The van der Waals surface area contributed by atoms with Gasteiger partial charge in [-0.3, -0.25) is 14.4 Å². The van der Waals surface area contributed by atoms with E-state index in [9.17, 15) is 24.6 Å². The molecule has 3 fully saturated rings. The lowest BCUT2D eigenvalue weighted by molar-refractivity contribution is -0.202. The van der Waals surface area contributed by atoms with Crippen LogP contribution < -0.4 is 0 Å². The number of esters is 1. The van der Waals surface area contributed by atoms with Crippen LogP contribution >= 0.6 is 0 Å². The highest BCUT2D eigenvalue weighted by atomic mass is 16.6. The van der Waals surface area contributed by atoms with Crippen molar-refractivity contribution in [3.8, 4) is 0 Å². The maximum Gasteiger partial charge on any atom is 0.309 e. The van der Waals surface area contributed by atoms with Crippen LogP contribution in [0.15, 0.2) is 11.6 Å². The van der Waals surface area contributed by atoms with Gasteiger partial charge in [0.15, 0.2) is 11.4 Å². The molecule has 0 saturated heterocycles. The average Bonchev–Trinajstić information content (AvgIpc) is 3.06. The summed E-state index contributed by atoms with van der Waals surface area (Å²) in [5, 5.41) is 21.4. The monoisotopic (exact) mass is 462 g/mol. The van der Waals surface area contributed by atoms with Gasteiger partial charge < -0.3 is 19.7 Å². The van der Waals surface area contributed by atoms with Gasteiger partial charge in [-0.25, -0.2) is 0 Å². The smallest absolute Gasteiger partial charge is 0.309 e. The molecule has 4 rings (SSSR count). The minimum absolute atomic E-state index is 0.0114. The van der Waals surface area contributed by atoms with Crippen LogP contribution in [0.25, 0.3) is 0 Å². The highest BCUT2D eigenvalue weighted by Crippen LogP contribution is 2.68. The molecule has 4 aliphatic rings. The van der Waals surface area contributed by atoms with Crippen molar-refractivity contribution in [1.82, 2.24) is 0 Å². The Labute approximate surface area is 195 Å². The molecule has 7 atom stereocenters. The van der Waals surface area contributed by atoms with E-state index in [0.717, 1.165) is 24.8 Å². The molecule has 0 aliphatic heterocycles. The molecule has 0 spiro atoms. The lowest BCUT2D eigenvalue weighted by Gasteiger charge is -2.60. The third-order valence-electron chi connectivity index (χ3n) is 9.55. The predicted molar refractivity (Wildman–Crippen MR) is 120 cm³/mol. The van der Waals surface area contributed by atoms with Crippen molar-refractivity contribution >= 4 is 17.5 Å². The molecule has 0 aromatic rings. The molecule has 4 aliphatic carbocycles. The Morgan fingerprint density at radius 1 is 1.18 bits per heavy atom. The standard InChI is InChI=1S/C26H38O7/c1-4-32-12-9-22(31)33-26(21(30)15-27)11-8-19-18-6-5-16-13-17(28)7-10-24(16,2)23(18)20(29)14-25(19,26)3/h13,18-20,23,27,29H,4-12,14-15H2,1-3H3/t18-,19-,20?,23+,24-,25-,26-/m0/s1. The number of ketones is 2. The molecule has 33 heavy (non-hydrogen) atoms. The summed E-state index contributed by atoms with van der Waals surface area (Å²) in [5.41, 5.74) is -1.25. The molecular formula is C26H38O7. The molecule has 0 radical (unpaired) electrons. The third kappa shape index (κ3) is 3.71. The van der Waals surface area contributed by atoms with Crippen LogP contribution in [0.2, 0.25) is 0 Å². The van der Waals surface area contributed by atoms with Crippen LogP contribution in [0.3, 0.4) is 0 Å². The summed E-state index contributed by atoms with van der Waals surface area (Å²) in [6.07, 6.45) is 5.48. The zero-order valence-electron chi connectivity index (χ0n) is 20.1. The average molecular weight is 463 g/mol. The molecule has 0 aromatic carbocycles. The summed E-state index contributed by atoms with van der Waals surface area (Å²) in [6.45, 7) is 6.01. The fraction of sp³-hybridized carbons (Fsp3) is 0.808. The third-order valence-corrected chi connectivity index (χ3v) is 9.55. The first-order chi connectivity index (χ1) is 15.6. The number of rotatable bonds is 7. The van der Waals surface area contributed by atoms with Crippen LogP contribution in [-0.2, 0) is 23.9 Å². The normalized spacial score (nSPS) is 42.1. The number of hydrogen-bond acceptors (Lipinski definition) is 7. The van der Waals surface area contributed by atoms with Crippen molar-refractivity contribution in [2.45, 2.75) is 83.8 Å². The number of allylic oxidation sites excluding steroid dienone is 1. The zero-order chi connectivity index (χ0) is 24.0. The maximum atomic E-state index is 13.2. The molecule has 3 saturated carbocycles. The van der Waals surface area contributed by atoms with Crippen LogP contribution in [0.1, 0.15) is 72.1 Å². The van der Waals surface area contributed by atoms with Gasteiger partial charge in [-0.1, -0.05) is 19.4 Å². The van der Waals surface area contributed by atoms with Crippen molar-refractivity contribution in [3.05, 3.63) is 11.6 Å². The minimum atomic E-state index is -1.43. The number of fused-ring (bicyclic) bond motifs is 5. The summed E-state index contributed by atoms with van der Waals surface area (Å²) >= 11 is 0. The molecule has 0 bridgehead atoms. The Kier molecular flexibility index (Phi) is 6.62. The fourth-order valence-corrected chi connectivity index (χ4v) is 8.03. The van der Waals surface area contributed by atoms with Crippen LogP contribution in [-0.4, -0.2) is 59.3 Å². The number of Topliss-reactive ketones (excluding diaryl/α,β-unsaturated/α-hetero) is 1. The second kappa shape index (κ2) is 8.90. The molecule has 2 N–H and O–H groups in total. The van der Waals surface area contributed by atoms with Gasteiger partial charge in [-0.05, 0) is 74.7 Å². The van der Waals surface area contributed by atoms with Crippen LogP contribution in [0, 0.1) is 28.6 Å². The molecule has 1 unspecified atom stereocenters. The lowest BCUT2D eigenvalue weighted by Crippen LogP contribution is -2.63. The van der Waals surface area contributed by atoms with E-state index < -0.39 is 35.5 Å². The first-order valence-corrected chi connectivity index (χ1v) is 12.5. The van der Waals surface area contributed by atoms with E-state index in [4.69, 9.17) is 9.47 Å². The summed E-state index contributed by atoms with van der Waals surface area (Å²) in [4.78, 5) is 37.9. The number of aliphatic hydroxyl groups is 2. The van der Waals surface area contributed by atoms with Gasteiger partial charge in [0.25, 0.3) is 0 Å². The van der Waals surface area contributed by atoms with Crippen LogP contribution in [0.4, 0.5) is 0 Å². The second-order valence-corrected chi connectivity index (χ2v) is 10.9. The molecule has 0 aromatic heterocycles. The van der Waals surface area contributed by atoms with Crippen molar-refractivity contribution < 1.29 is 34.1 Å². The molecule has 7 nitrogen and oxygen atoms in total. The number of aliphatic hydroxyl groups excluding tert-OH is 2. The fourth-order valence-electron chi connectivity index (χ4n) is 8.03. The van der Waals surface area contributed by atoms with E-state index in [1.54, 1.807) is 6.08 Å². The minimum Gasteiger partial charge on any atom is -0.450 e. The number of carbonyl (C=O) groups is 3. The van der Waals surface area contributed by atoms with Gasteiger partial charge in [0.1, 0.15) is 6.61 Å². The van der Waals surface area contributed by atoms with Gasteiger partial charge in [0.05, 0.1) is 19.1 Å². The zero-order valence-corrected chi connectivity index (χ0v) is 20.1. The van der Waals surface area contributed by atoms with Crippen molar-refractivity contribution in [2.75, 3.05) is 19.8 Å². The number of ether oxygens (including phenoxy) is 2. The largest absolute Gasteiger partial charge is 0.450 e. The first kappa shape index (κ1) is 24.6. The van der Waals surface area contributed by atoms with Gasteiger partial charge >= 0.3 is 5.97 Å². The van der Waals surface area contributed by atoms with Gasteiger partial charge in [0.2, 0.25) is 5.78 Å². The SMILES string of the molecule is CCOCCC(=O)O[C@]1(C(=O)CO)CC[C@H]2[C@@H]3CCC4=CC(=O)CC[C@]4(C)[C@H]3C(O)C[C@@]21C. The quantitative estimate of drug-likeness (QED) is 0.442. The number of hydrogen-bond donors (Lipinski definition) is 2. The van der Waals surface area contributed by atoms with E-state index >= 15 is 0 Å². The molecule has 0 amide bonds. The van der Waals surface area contributed by atoms with Crippen molar-refractivity contribution in [2.24, 2.45) is 28.6 Å². The Morgan fingerprint density at radius 3 is 2.64 bits per heavy atom. The Hall–Kier alpha value is -1.57. The summed E-state index contributed by atoms with van der Waals surface area (Å²) in [7, 11) is 0. The Morgan fingerprint density at radius 2 is 1.94 bits per heavy atom. The number of carbonyl (C=O) groups excluding carboxylic acids is 3. The van der Waals surface area contributed by atoms with Gasteiger partial charge in [-0.15, -0.1) is 0 Å². The topological polar surface area (TPSA) is 110 Å². The Balaban J connectivity index is 1.66. The summed E-state index contributed by atoms with van der Waals surface area (Å²) in [6, 6.07) is 0. The van der Waals surface area contributed by atoms with Crippen LogP contribution in [0.5, 0.6) is 0 Å². The summed E-state index contributed by atoms with van der Waals surface area (Å²) in [5.74, 6) is -0.536. The highest BCUT2D eigenvalue weighted by molar-refractivity contribution is 5.92.